The molecule has 3 heteroatoms. The van der Waals surface area contributed by atoms with Gasteiger partial charge in [-0.1, -0.05) is 60.2 Å². The lowest BCUT2D eigenvalue weighted by atomic mass is 10.0. The first-order valence-electron chi connectivity index (χ1n) is 9.80. The van der Waals surface area contributed by atoms with Gasteiger partial charge in [-0.25, -0.2) is 0 Å². The molecule has 0 saturated carbocycles. The van der Waals surface area contributed by atoms with Gasteiger partial charge in [0.15, 0.2) is 0 Å². The largest absolute Gasteiger partial charge is 0.352 e. The first-order chi connectivity index (χ1) is 12.7. The second-order valence-electron chi connectivity index (χ2n) is 7.47. The monoisotopic (exact) mass is 350 g/mol. The van der Waals surface area contributed by atoms with E-state index in [1.807, 2.05) is 0 Å². The second-order valence-corrected chi connectivity index (χ2v) is 7.47. The van der Waals surface area contributed by atoms with Gasteiger partial charge in [0.05, 0.1) is 0 Å². The van der Waals surface area contributed by atoms with Crippen molar-refractivity contribution >= 4 is 5.91 Å². The number of benzene rings is 2. The normalized spacial score (nSPS) is 17.8. The molecule has 1 atom stereocenters. The molecular weight excluding hydrogens is 320 g/mol. The molecule has 0 radical (unpaired) electrons. The molecule has 138 valence electrons. The molecule has 0 spiro atoms. The van der Waals surface area contributed by atoms with Crippen LogP contribution in [0, 0.1) is 6.92 Å². The van der Waals surface area contributed by atoms with E-state index in [-0.39, 0.29) is 5.91 Å². The number of aryl methyl sites for hydroxylation is 2. The van der Waals surface area contributed by atoms with E-state index in [0.717, 1.165) is 45.3 Å². The summed E-state index contributed by atoms with van der Waals surface area (Å²) in [6.45, 7) is 5.15. The summed E-state index contributed by atoms with van der Waals surface area (Å²) < 4.78 is 0. The van der Waals surface area contributed by atoms with Gasteiger partial charge in [-0.05, 0) is 50.3 Å². The maximum atomic E-state index is 12.3. The van der Waals surface area contributed by atoms with E-state index >= 15 is 0 Å². The molecule has 0 bridgehead atoms. The molecule has 0 aliphatic carbocycles. The van der Waals surface area contributed by atoms with Gasteiger partial charge in [0, 0.05) is 25.6 Å². The van der Waals surface area contributed by atoms with Crippen molar-refractivity contribution in [3.8, 4) is 0 Å². The van der Waals surface area contributed by atoms with Crippen LogP contribution in [0.1, 0.15) is 42.4 Å². The molecule has 3 rings (SSSR count). The van der Waals surface area contributed by atoms with Crippen LogP contribution in [0.15, 0.2) is 54.6 Å². The minimum Gasteiger partial charge on any atom is -0.352 e. The highest BCUT2D eigenvalue weighted by Gasteiger charge is 2.21. The summed E-state index contributed by atoms with van der Waals surface area (Å²) in [5.41, 5.74) is 3.94. The fraction of sp³-hybridized carbons (Fsp3) is 0.435. The number of carbonyl (C=O) groups is 1. The lowest BCUT2D eigenvalue weighted by Gasteiger charge is -2.33. The van der Waals surface area contributed by atoms with E-state index in [1.165, 1.54) is 16.7 Å². The van der Waals surface area contributed by atoms with E-state index in [4.69, 9.17) is 0 Å². The van der Waals surface area contributed by atoms with E-state index in [2.05, 4.69) is 71.7 Å². The summed E-state index contributed by atoms with van der Waals surface area (Å²) >= 11 is 0. The lowest BCUT2D eigenvalue weighted by molar-refractivity contribution is -0.122. The van der Waals surface area contributed by atoms with E-state index in [1.54, 1.807) is 0 Å². The fourth-order valence-corrected chi connectivity index (χ4v) is 3.67. The molecule has 0 aromatic heterocycles. The van der Waals surface area contributed by atoms with Crippen molar-refractivity contribution < 1.29 is 4.79 Å². The lowest BCUT2D eigenvalue weighted by Crippen LogP contribution is -2.47. The first kappa shape index (κ1) is 18.7. The van der Waals surface area contributed by atoms with Gasteiger partial charge >= 0.3 is 0 Å². The second kappa shape index (κ2) is 9.54. The highest BCUT2D eigenvalue weighted by molar-refractivity contribution is 5.76. The summed E-state index contributed by atoms with van der Waals surface area (Å²) in [4.78, 5) is 14.7. The van der Waals surface area contributed by atoms with E-state index in [9.17, 15) is 4.79 Å². The van der Waals surface area contributed by atoms with Crippen molar-refractivity contribution in [2.75, 3.05) is 13.1 Å². The molecule has 2 aromatic carbocycles. The number of amides is 1. The van der Waals surface area contributed by atoms with Gasteiger partial charge < -0.3 is 5.32 Å². The van der Waals surface area contributed by atoms with E-state index < -0.39 is 0 Å². The number of likely N-dealkylation sites (tertiary alicyclic amines) is 1. The zero-order valence-corrected chi connectivity index (χ0v) is 15.8. The Morgan fingerprint density at radius 3 is 2.62 bits per heavy atom. The van der Waals surface area contributed by atoms with Gasteiger partial charge in [0.2, 0.25) is 5.91 Å². The van der Waals surface area contributed by atoms with Crippen molar-refractivity contribution in [1.82, 2.24) is 10.2 Å². The summed E-state index contributed by atoms with van der Waals surface area (Å²) in [6, 6.07) is 19.5. The molecule has 1 aliphatic rings. The third-order valence-electron chi connectivity index (χ3n) is 5.11. The Balaban J connectivity index is 1.38. The Morgan fingerprint density at radius 1 is 1.08 bits per heavy atom. The van der Waals surface area contributed by atoms with Crippen LogP contribution >= 0.6 is 0 Å². The predicted molar refractivity (Wildman–Crippen MR) is 107 cm³/mol. The number of carbonyl (C=O) groups excluding carboxylic acids is 1. The average Bonchev–Trinajstić information content (AvgIpc) is 2.64. The Labute approximate surface area is 157 Å². The Kier molecular flexibility index (Phi) is 6.84. The van der Waals surface area contributed by atoms with Crippen LogP contribution in [0.5, 0.6) is 0 Å². The molecule has 2 aromatic rings. The molecule has 1 N–H and O–H groups in total. The number of hydrogen-bond acceptors (Lipinski definition) is 2. The van der Waals surface area contributed by atoms with Crippen molar-refractivity contribution in [1.29, 1.82) is 0 Å². The minimum atomic E-state index is 0.198. The molecule has 1 amide bonds. The average molecular weight is 351 g/mol. The number of piperidine rings is 1. The molecule has 1 saturated heterocycles. The molecule has 3 nitrogen and oxygen atoms in total. The fourth-order valence-electron chi connectivity index (χ4n) is 3.67. The molecule has 1 fully saturated rings. The van der Waals surface area contributed by atoms with Gasteiger partial charge in [-0.3, -0.25) is 9.69 Å². The van der Waals surface area contributed by atoms with Crippen molar-refractivity contribution in [3.63, 3.8) is 0 Å². The van der Waals surface area contributed by atoms with Crippen LogP contribution in [-0.2, 0) is 17.8 Å². The summed E-state index contributed by atoms with van der Waals surface area (Å²) in [7, 11) is 0. The number of rotatable bonds is 7. The van der Waals surface area contributed by atoms with Gasteiger partial charge in [0.25, 0.3) is 0 Å². The highest BCUT2D eigenvalue weighted by atomic mass is 16.1. The Hall–Kier alpha value is -2.13. The van der Waals surface area contributed by atoms with Crippen LogP contribution in [-0.4, -0.2) is 29.9 Å². The van der Waals surface area contributed by atoms with Crippen LogP contribution in [0.3, 0.4) is 0 Å². The standard InChI is InChI=1S/C23H30N2O/c1-19-12-14-20(15-13-19)9-5-11-23(26)24-22-10-6-16-25(18-22)17-21-7-3-2-4-8-21/h2-4,7-8,12-15,22H,5-6,9-11,16-18H2,1H3,(H,24,26). The zero-order chi connectivity index (χ0) is 18.2. The maximum absolute atomic E-state index is 12.3. The SMILES string of the molecule is Cc1ccc(CCCC(=O)NC2CCCN(Cc3ccccc3)C2)cc1. The third-order valence-corrected chi connectivity index (χ3v) is 5.11. The van der Waals surface area contributed by atoms with Gasteiger partial charge in [-0.2, -0.15) is 0 Å². The van der Waals surface area contributed by atoms with Gasteiger partial charge in [-0.15, -0.1) is 0 Å². The maximum Gasteiger partial charge on any atom is 0.220 e. The summed E-state index contributed by atoms with van der Waals surface area (Å²) in [5, 5.41) is 3.25. The van der Waals surface area contributed by atoms with Crippen molar-refractivity contribution in [2.24, 2.45) is 0 Å². The van der Waals surface area contributed by atoms with Crippen LogP contribution < -0.4 is 5.32 Å². The molecule has 1 aliphatic heterocycles. The summed E-state index contributed by atoms with van der Waals surface area (Å²) in [5.74, 6) is 0.198. The quantitative estimate of drug-likeness (QED) is 0.815. The van der Waals surface area contributed by atoms with E-state index in [0.29, 0.717) is 12.5 Å². The van der Waals surface area contributed by atoms with Crippen molar-refractivity contribution in [2.45, 2.75) is 51.6 Å². The van der Waals surface area contributed by atoms with Crippen LogP contribution in [0.2, 0.25) is 0 Å². The Morgan fingerprint density at radius 2 is 1.85 bits per heavy atom. The van der Waals surface area contributed by atoms with Gasteiger partial charge in [0.1, 0.15) is 0 Å². The molecule has 26 heavy (non-hydrogen) atoms. The molecule has 1 heterocycles. The number of nitrogens with one attached hydrogen (secondary N) is 1. The number of nitrogens with zero attached hydrogens (tertiary/aromatic N) is 1. The minimum absolute atomic E-state index is 0.198. The van der Waals surface area contributed by atoms with Crippen LogP contribution in [0.4, 0.5) is 0 Å². The van der Waals surface area contributed by atoms with Crippen LogP contribution in [0.25, 0.3) is 0 Å². The molecule has 1 unspecified atom stereocenters. The first-order valence-corrected chi connectivity index (χ1v) is 9.80. The summed E-state index contributed by atoms with van der Waals surface area (Å²) in [6.07, 6.45) is 4.74. The zero-order valence-electron chi connectivity index (χ0n) is 15.8. The van der Waals surface area contributed by atoms with Crippen molar-refractivity contribution in [3.05, 3.63) is 71.3 Å². The third kappa shape index (κ3) is 5.99. The smallest absolute Gasteiger partial charge is 0.220 e. The Bertz CT molecular complexity index is 681. The predicted octanol–water partition coefficient (Wildman–Crippen LogP) is 4.10. The molecular formula is C23H30N2O. The topological polar surface area (TPSA) is 32.3 Å². The highest BCUT2D eigenvalue weighted by Crippen LogP contribution is 2.14. The number of hydrogen-bond donors (Lipinski definition) is 1.